The van der Waals surface area contributed by atoms with Crippen LogP contribution in [0, 0.1) is 13.8 Å². The lowest BCUT2D eigenvalue weighted by Gasteiger charge is -2.34. The molecule has 2 aromatic carbocycles. The maximum Gasteiger partial charge on any atom is 0.254 e. The zero-order valence-corrected chi connectivity index (χ0v) is 19.3. The summed E-state index contributed by atoms with van der Waals surface area (Å²) in [6.45, 7) is 4.74. The number of carbonyl (C=O) groups excluding carboxylic acids is 1. The Hall–Kier alpha value is -2.26. The molecule has 1 aliphatic heterocycles. The fourth-order valence-electron chi connectivity index (χ4n) is 3.46. The number of nitrogens with zero attached hydrogens (tertiary/aromatic N) is 4. The van der Waals surface area contributed by atoms with Crippen LogP contribution < -0.4 is 0 Å². The van der Waals surface area contributed by atoms with Gasteiger partial charge in [0.05, 0.1) is 37.4 Å². The summed E-state index contributed by atoms with van der Waals surface area (Å²) in [5.74, 6) is -0.159. The molecule has 0 unspecified atom stereocenters. The zero-order chi connectivity index (χ0) is 22.3. The molecule has 0 saturated carbocycles. The third-order valence-electron chi connectivity index (χ3n) is 5.38. The normalized spacial score (nSPS) is 15.4. The van der Waals surface area contributed by atoms with E-state index in [0.29, 0.717) is 16.1 Å². The summed E-state index contributed by atoms with van der Waals surface area (Å²) in [6.07, 6.45) is 0. The molecule has 0 aliphatic carbocycles. The van der Waals surface area contributed by atoms with Gasteiger partial charge >= 0.3 is 0 Å². The van der Waals surface area contributed by atoms with Gasteiger partial charge in [0.2, 0.25) is 10.0 Å². The first kappa shape index (κ1) is 22.0. The lowest BCUT2D eigenvalue weighted by atomic mass is 10.1. The smallest absolute Gasteiger partial charge is 0.254 e. The van der Waals surface area contributed by atoms with Crippen LogP contribution in [0.1, 0.15) is 21.7 Å². The van der Waals surface area contributed by atoms with Crippen molar-refractivity contribution in [3.63, 3.8) is 0 Å². The number of halogens is 2. The van der Waals surface area contributed by atoms with Crippen LogP contribution in [0.5, 0.6) is 0 Å². The maximum absolute atomic E-state index is 13.0. The standard InChI is InChI=1S/C21H20Cl2N4O3S/c1-13-14(2)25-20-11-15(3-6-19(20)24-13)21(28)26-7-9-27(10-8-26)31(29,30)16-4-5-17(22)18(23)12-16/h3-6,11-12H,7-10H2,1-2H3. The van der Waals surface area contributed by atoms with Crippen molar-refractivity contribution in [2.45, 2.75) is 18.7 Å². The van der Waals surface area contributed by atoms with Crippen molar-refractivity contribution < 1.29 is 13.2 Å². The Bertz CT molecular complexity index is 1290. The number of fused-ring (bicyclic) bond motifs is 1. The summed E-state index contributed by atoms with van der Waals surface area (Å²) < 4.78 is 27.2. The van der Waals surface area contributed by atoms with Crippen LogP contribution >= 0.6 is 23.2 Å². The van der Waals surface area contributed by atoms with Gasteiger partial charge in [-0.05, 0) is 50.2 Å². The number of hydrogen-bond acceptors (Lipinski definition) is 5. The predicted octanol–water partition coefficient (Wildman–Crippen LogP) is 3.70. The van der Waals surface area contributed by atoms with E-state index in [4.69, 9.17) is 23.2 Å². The van der Waals surface area contributed by atoms with Gasteiger partial charge in [-0.25, -0.2) is 18.4 Å². The van der Waals surface area contributed by atoms with Crippen LogP contribution in [0.2, 0.25) is 10.0 Å². The fraction of sp³-hybridized carbons (Fsp3) is 0.286. The molecule has 1 aromatic heterocycles. The average Bonchev–Trinajstić information content (AvgIpc) is 2.75. The number of rotatable bonds is 3. The highest BCUT2D eigenvalue weighted by Crippen LogP contribution is 2.27. The predicted molar refractivity (Wildman–Crippen MR) is 120 cm³/mol. The molecule has 4 rings (SSSR count). The highest BCUT2D eigenvalue weighted by Gasteiger charge is 2.31. The van der Waals surface area contributed by atoms with E-state index in [1.807, 2.05) is 13.8 Å². The molecule has 0 atom stereocenters. The second-order valence-corrected chi connectivity index (χ2v) is 10.1. The minimum Gasteiger partial charge on any atom is -0.336 e. The van der Waals surface area contributed by atoms with E-state index < -0.39 is 10.0 Å². The van der Waals surface area contributed by atoms with E-state index in [1.54, 1.807) is 23.1 Å². The van der Waals surface area contributed by atoms with Gasteiger partial charge in [-0.1, -0.05) is 23.2 Å². The van der Waals surface area contributed by atoms with E-state index in [-0.39, 0.29) is 42.0 Å². The SMILES string of the molecule is Cc1nc2ccc(C(=O)N3CCN(S(=O)(=O)c4ccc(Cl)c(Cl)c4)CC3)cc2nc1C. The Labute approximate surface area is 190 Å². The highest BCUT2D eigenvalue weighted by atomic mass is 35.5. The lowest BCUT2D eigenvalue weighted by molar-refractivity contribution is 0.0698. The van der Waals surface area contributed by atoms with Crippen LogP contribution in [-0.2, 0) is 10.0 Å². The Kier molecular flexibility index (Phi) is 5.91. The number of amides is 1. The van der Waals surface area contributed by atoms with E-state index in [0.717, 1.165) is 16.9 Å². The third kappa shape index (κ3) is 4.25. The van der Waals surface area contributed by atoms with Crippen LogP contribution in [-0.4, -0.2) is 59.7 Å². The summed E-state index contributed by atoms with van der Waals surface area (Å²) in [5, 5.41) is 0.475. The van der Waals surface area contributed by atoms with Crippen LogP contribution in [0.25, 0.3) is 11.0 Å². The van der Waals surface area contributed by atoms with Crippen molar-refractivity contribution in [2.75, 3.05) is 26.2 Å². The molecule has 1 amide bonds. The number of hydrogen-bond donors (Lipinski definition) is 0. The topological polar surface area (TPSA) is 83.5 Å². The van der Waals surface area contributed by atoms with Gasteiger partial charge in [0.25, 0.3) is 5.91 Å². The van der Waals surface area contributed by atoms with Crippen LogP contribution in [0.4, 0.5) is 0 Å². The number of aromatic nitrogens is 2. The molecule has 1 aliphatic rings. The second kappa shape index (κ2) is 8.35. The molecule has 31 heavy (non-hydrogen) atoms. The quantitative estimate of drug-likeness (QED) is 0.572. The first-order valence-electron chi connectivity index (χ1n) is 9.66. The maximum atomic E-state index is 13.0. The van der Waals surface area contributed by atoms with Crippen molar-refractivity contribution >= 4 is 50.2 Å². The second-order valence-electron chi connectivity index (χ2n) is 7.37. The summed E-state index contributed by atoms with van der Waals surface area (Å²) >= 11 is 11.9. The highest BCUT2D eigenvalue weighted by molar-refractivity contribution is 7.89. The molecular weight excluding hydrogens is 459 g/mol. The Morgan fingerprint density at radius 2 is 1.52 bits per heavy atom. The molecule has 0 bridgehead atoms. The molecule has 10 heteroatoms. The molecule has 162 valence electrons. The molecule has 0 radical (unpaired) electrons. The van der Waals surface area contributed by atoms with E-state index in [9.17, 15) is 13.2 Å². The van der Waals surface area contributed by atoms with E-state index in [2.05, 4.69) is 9.97 Å². The van der Waals surface area contributed by atoms with Gasteiger partial charge in [0.15, 0.2) is 0 Å². The van der Waals surface area contributed by atoms with Crippen molar-refractivity contribution in [3.8, 4) is 0 Å². The minimum atomic E-state index is -3.72. The van der Waals surface area contributed by atoms with Crippen molar-refractivity contribution in [2.24, 2.45) is 0 Å². The minimum absolute atomic E-state index is 0.0837. The number of sulfonamides is 1. The first-order chi connectivity index (χ1) is 14.7. The van der Waals surface area contributed by atoms with Gasteiger partial charge in [-0.2, -0.15) is 4.31 Å². The van der Waals surface area contributed by atoms with E-state index in [1.165, 1.54) is 22.5 Å². The fourth-order valence-corrected chi connectivity index (χ4v) is 5.28. The number of carbonyl (C=O) groups is 1. The van der Waals surface area contributed by atoms with Gasteiger partial charge in [0, 0.05) is 31.7 Å². The zero-order valence-electron chi connectivity index (χ0n) is 17.0. The van der Waals surface area contributed by atoms with Crippen LogP contribution in [0.15, 0.2) is 41.3 Å². The van der Waals surface area contributed by atoms with Gasteiger partial charge < -0.3 is 4.90 Å². The molecule has 3 aromatic rings. The molecule has 0 spiro atoms. The first-order valence-corrected chi connectivity index (χ1v) is 11.9. The Balaban J connectivity index is 1.49. The Morgan fingerprint density at radius 3 is 2.16 bits per heavy atom. The molecular formula is C21H20Cl2N4O3S. The van der Waals surface area contributed by atoms with Crippen molar-refractivity contribution in [1.29, 1.82) is 0 Å². The summed E-state index contributed by atoms with van der Waals surface area (Å²) in [4.78, 5) is 23.7. The van der Waals surface area contributed by atoms with Gasteiger partial charge in [-0.15, -0.1) is 0 Å². The number of piperazine rings is 1. The van der Waals surface area contributed by atoms with Crippen LogP contribution in [0.3, 0.4) is 0 Å². The van der Waals surface area contributed by atoms with Gasteiger partial charge in [0.1, 0.15) is 0 Å². The summed E-state index contributed by atoms with van der Waals surface area (Å²) in [6, 6.07) is 9.48. The monoisotopic (exact) mass is 478 g/mol. The molecule has 1 saturated heterocycles. The van der Waals surface area contributed by atoms with Crippen molar-refractivity contribution in [1.82, 2.24) is 19.2 Å². The molecule has 0 N–H and O–H groups in total. The third-order valence-corrected chi connectivity index (χ3v) is 8.01. The number of benzene rings is 2. The van der Waals surface area contributed by atoms with E-state index >= 15 is 0 Å². The average molecular weight is 479 g/mol. The molecule has 1 fully saturated rings. The summed E-state index contributed by atoms with van der Waals surface area (Å²) in [5.41, 5.74) is 3.57. The van der Waals surface area contributed by atoms with Gasteiger partial charge in [-0.3, -0.25) is 4.79 Å². The molecule has 2 heterocycles. The largest absolute Gasteiger partial charge is 0.336 e. The molecule has 7 nitrogen and oxygen atoms in total. The Morgan fingerprint density at radius 1 is 0.871 bits per heavy atom. The van der Waals surface area contributed by atoms with Crippen molar-refractivity contribution in [3.05, 3.63) is 63.4 Å². The number of aryl methyl sites for hydroxylation is 2. The lowest BCUT2D eigenvalue weighted by Crippen LogP contribution is -2.50. The summed E-state index contributed by atoms with van der Waals surface area (Å²) in [7, 11) is -3.72.